The second-order valence-corrected chi connectivity index (χ2v) is 14.3. The fourth-order valence-corrected chi connectivity index (χ4v) is 4.51. The van der Waals surface area contributed by atoms with Gasteiger partial charge in [0.15, 0.2) is 19.3 Å². The zero-order valence-electron chi connectivity index (χ0n) is 17.6. The molecule has 1 aliphatic rings. The Balaban J connectivity index is 1.58. The number of hydrogen-bond donors (Lipinski definition) is 1. The van der Waals surface area contributed by atoms with Crippen LogP contribution in [-0.4, -0.2) is 60.7 Å². The maximum absolute atomic E-state index is 6.35. The highest BCUT2D eigenvalue weighted by molar-refractivity contribution is 6.74. The standard InChI is InChI=1S/C20H32ClN5OSi/c1-20(2,3)28(4,5)27-12-11-26-10-6-7-15(14-26)23-19-16-8-9-22-13-17(16)18(21)24-25-19/h8-9,13,15H,6-7,10-12,14H2,1-5H3,(H,23,25)/t15-/m1/s1. The van der Waals surface area contributed by atoms with Gasteiger partial charge in [-0.1, -0.05) is 32.4 Å². The summed E-state index contributed by atoms with van der Waals surface area (Å²) in [6.07, 6.45) is 5.79. The van der Waals surface area contributed by atoms with Gasteiger partial charge in [0.2, 0.25) is 0 Å². The monoisotopic (exact) mass is 421 g/mol. The van der Waals surface area contributed by atoms with Crippen LogP contribution in [0.5, 0.6) is 0 Å². The zero-order chi connectivity index (χ0) is 20.4. The van der Waals surface area contributed by atoms with Gasteiger partial charge in [0, 0.05) is 48.9 Å². The number of piperidine rings is 1. The van der Waals surface area contributed by atoms with E-state index in [1.165, 1.54) is 0 Å². The number of pyridine rings is 1. The van der Waals surface area contributed by atoms with Crippen molar-refractivity contribution >= 4 is 36.5 Å². The van der Waals surface area contributed by atoms with Gasteiger partial charge in [-0.25, -0.2) is 0 Å². The van der Waals surface area contributed by atoms with Gasteiger partial charge < -0.3 is 9.74 Å². The van der Waals surface area contributed by atoms with Crippen LogP contribution in [0.15, 0.2) is 18.5 Å². The van der Waals surface area contributed by atoms with Crippen molar-refractivity contribution in [1.82, 2.24) is 20.1 Å². The molecule has 0 saturated carbocycles. The van der Waals surface area contributed by atoms with Crippen molar-refractivity contribution in [2.24, 2.45) is 0 Å². The molecule has 1 atom stereocenters. The van der Waals surface area contributed by atoms with Crippen LogP contribution in [0.2, 0.25) is 23.3 Å². The molecule has 1 fully saturated rings. The van der Waals surface area contributed by atoms with Crippen LogP contribution in [0.3, 0.4) is 0 Å². The first kappa shape index (κ1) is 21.4. The lowest BCUT2D eigenvalue weighted by Crippen LogP contribution is -2.46. The second kappa shape index (κ2) is 8.61. The van der Waals surface area contributed by atoms with Crippen molar-refractivity contribution in [3.63, 3.8) is 0 Å². The molecule has 3 heterocycles. The number of aromatic nitrogens is 3. The van der Waals surface area contributed by atoms with E-state index in [1.54, 1.807) is 12.4 Å². The van der Waals surface area contributed by atoms with Crippen LogP contribution in [0.1, 0.15) is 33.6 Å². The van der Waals surface area contributed by atoms with Crippen molar-refractivity contribution in [3.05, 3.63) is 23.6 Å². The van der Waals surface area contributed by atoms with Gasteiger partial charge in [0.25, 0.3) is 0 Å². The Bertz CT molecular complexity index is 811. The third-order valence-electron chi connectivity index (χ3n) is 6.06. The Morgan fingerprint density at radius 1 is 1.29 bits per heavy atom. The SMILES string of the molecule is CC(C)(C)[Si](C)(C)OCCN1CCC[C@@H](Nc2nnc(Cl)c3cnccc23)C1. The largest absolute Gasteiger partial charge is 0.416 e. The first-order chi connectivity index (χ1) is 13.2. The Morgan fingerprint density at radius 2 is 2.07 bits per heavy atom. The van der Waals surface area contributed by atoms with Gasteiger partial charge in [-0.2, -0.15) is 0 Å². The second-order valence-electron chi connectivity index (χ2n) is 9.15. The van der Waals surface area contributed by atoms with Gasteiger partial charge in [-0.3, -0.25) is 9.88 Å². The van der Waals surface area contributed by atoms with Crippen LogP contribution in [-0.2, 0) is 4.43 Å². The highest BCUT2D eigenvalue weighted by Crippen LogP contribution is 2.36. The molecule has 3 rings (SSSR count). The molecule has 2 aromatic heterocycles. The average molecular weight is 422 g/mol. The van der Waals surface area contributed by atoms with Gasteiger partial charge in [0.05, 0.1) is 0 Å². The number of hydrogen-bond acceptors (Lipinski definition) is 6. The first-order valence-corrected chi connectivity index (χ1v) is 13.3. The average Bonchev–Trinajstić information content (AvgIpc) is 2.64. The summed E-state index contributed by atoms with van der Waals surface area (Å²) in [4.78, 5) is 6.63. The minimum atomic E-state index is -1.68. The minimum absolute atomic E-state index is 0.252. The summed E-state index contributed by atoms with van der Waals surface area (Å²) in [6, 6.07) is 2.28. The van der Waals surface area contributed by atoms with E-state index in [0.29, 0.717) is 11.2 Å². The smallest absolute Gasteiger partial charge is 0.192 e. The lowest BCUT2D eigenvalue weighted by Gasteiger charge is -2.38. The quantitative estimate of drug-likeness (QED) is 0.689. The van der Waals surface area contributed by atoms with Crippen LogP contribution < -0.4 is 5.32 Å². The third-order valence-corrected chi connectivity index (χ3v) is 10.9. The lowest BCUT2D eigenvalue weighted by atomic mass is 10.1. The van der Waals surface area contributed by atoms with E-state index in [1.807, 2.05) is 6.07 Å². The van der Waals surface area contributed by atoms with E-state index < -0.39 is 8.32 Å². The summed E-state index contributed by atoms with van der Waals surface area (Å²) < 4.78 is 6.35. The molecule has 2 aromatic rings. The summed E-state index contributed by atoms with van der Waals surface area (Å²) in [7, 11) is -1.68. The maximum atomic E-state index is 6.35. The van der Waals surface area contributed by atoms with Crippen LogP contribution in [0, 0.1) is 0 Å². The van der Waals surface area contributed by atoms with E-state index in [2.05, 4.69) is 59.3 Å². The number of fused-ring (bicyclic) bond motifs is 1. The maximum Gasteiger partial charge on any atom is 0.192 e. The predicted octanol–water partition coefficient (Wildman–Crippen LogP) is 4.58. The number of nitrogens with zero attached hydrogens (tertiary/aromatic N) is 4. The minimum Gasteiger partial charge on any atom is -0.416 e. The van der Waals surface area contributed by atoms with Crippen molar-refractivity contribution in [2.75, 3.05) is 31.6 Å². The summed E-state index contributed by atoms with van der Waals surface area (Å²) >= 11 is 6.16. The van der Waals surface area contributed by atoms with Crippen LogP contribution in [0.4, 0.5) is 5.82 Å². The summed E-state index contributed by atoms with van der Waals surface area (Å²) in [5.41, 5.74) is 0. The van der Waals surface area contributed by atoms with Crippen molar-refractivity contribution < 1.29 is 4.43 Å². The normalized spacial score (nSPS) is 19.1. The molecular formula is C20H32ClN5OSi. The number of rotatable bonds is 6. The molecule has 6 nitrogen and oxygen atoms in total. The Morgan fingerprint density at radius 3 is 2.82 bits per heavy atom. The fourth-order valence-electron chi connectivity index (χ4n) is 3.29. The molecule has 28 heavy (non-hydrogen) atoms. The topological polar surface area (TPSA) is 63.2 Å². The van der Waals surface area contributed by atoms with Crippen LogP contribution in [0.25, 0.3) is 10.8 Å². The highest BCUT2D eigenvalue weighted by Gasteiger charge is 2.37. The molecule has 0 spiro atoms. The number of anilines is 1. The summed E-state index contributed by atoms with van der Waals surface area (Å²) in [5.74, 6) is 0.783. The van der Waals surface area contributed by atoms with Gasteiger partial charge in [-0.05, 0) is 43.6 Å². The van der Waals surface area contributed by atoms with Gasteiger partial charge >= 0.3 is 0 Å². The molecule has 0 unspecified atom stereocenters. The number of halogens is 1. The van der Waals surface area contributed by atoms with Gasteiger partial charge in [0.1, 0.15) is 0 Å². The van der Waals surface area contributed by atoms with Crippen LogP contribution >= 0.6 is 11.6 Å². The molecule has 154 valence electrons. The van der Waals surface area contributed by atoms with Crippen molar-refractivity contribution in [3.8, 4) is 0 Å². The van der Waals surface area contributed by atoms with Crippen molar-refractivity contribution in [1.29, 1.82) is 0 Å². The zero-order valence-corrected chi connectivity index (χ0v) is 19.4. The molecule has 1 saturated heterocycles. The predicted molar refractivity (Wildman–Crippen MR) is 119 cm³/mol. The summed E-state index contributed by atoms with van der Waals surface area (Å²) in [5, 5.41) is 14.4. The van der Waals surface area contributed by atoms with E-state index >= 15 is 0 Å². The fraction of sp³-hybridized carbons (Fsp3) is 0.650. The molecular weight excluding hydrogens is 390 g/mol. The van der Waals surface area contributed by atoms with E-state index in [4.69, 9.17) is 16.0 Å². The van der Waals surface area contributed by atoms with E-state index in [9.17, 15) is 0 Å². The molecule has 0 aliphatic carbocycles. The Kier molecular flexibility index (Phi) is 6.59. The Labute approximate surface area is 174 Å². The lowest BCUT2D eigenvalue weighted by molar-refractivity contribution is 0.168. The van der Waals surface area contributed by atoms with E-state index in [-0.39, 0.29) is 5.04 Å². The Hall–Kier alpha value is -1.28. The highest BCUT2D eigenvalue weighted by atomic mass is 35.5. The molecule has 8 heteroatoms. The molecule has 1 aliphatic heterocycles. The summed E-state index contributed by atoms with van der Waals surface area (Å²) in [6.45, 7) is 15.4. The molecule has 0 radical (unpaired) electrons. The molecule has 1 N–H and O–H groups in total. The molecule has 0 aromatic carbocycles. The van der Waals surface area contributed by atoms with Gasteiger partial charge in [-0.15, -0.1) is 10.2 Å². The molecule has 0 amide bonds. The van der Waals surface area contributed by atoms with Crippen molar-refractivity contribution in [2.45, 2.75) is 57.8 Å². The first-order valence-electron chi connectivity index (χ1n) is 10.1. The number of likely N-dealkylation sites (tertiary alicyclic amines) is 1. The third kappa shape index (κ3) is 5.00. The van der Waals surface area contributed by atoms with E-state index in [0.717, 1.165) is 55.7 Å². The number of nitrogens with one attached hydrogen (secondary N) is 1. The molecule has 0 bridgehead atoms.